The predicted octanol–water partition coefficient (Wildman–Crippen LogP) is 5.30. The van der Waals surface area contributed by atoms with Crippen LogP contribution in [0.2, 0.25) is 0 Å². The lowest BCUT2D eigenvalue weighted by Gasteiger charge is -2.36. The highest BCUT2D eigenvalue weighted by atomic mass is 32.1. The standard InChI is InChI=1S/C29H29N3O2S/c1-34-25-14-8-13-24(19-25)26-21-35-27(30-26)20-31-15-17-32(18-16-31)29(33)28(22-9-4-2-5-10-22)23-11-6-3-7-12-23/h2-14,19,21,28H,15-18,20H2,1H3. The van der Waals surface area contributed by atoms with Gasteiger partial charge in [-0.05, 0) is 23.3 Å². The first-order valence-corrected chi connectivity index (χ1v) is 12.8. The molecule has 4 aromatic rings. The number of nitrogens with zero attached hydrogens (tertiary/aromatic N) is 3. The molecule has 35 heavy (non-hydrogen) atoms. The summed E-state index contributed by atoms with van der Waals surface area (Å²) in [7, 11) is 1.68. The summed E-state index contributed by atoms with van der Waals surface area (Å²) in [5.74, 6) is 0.743. The number of aromatic nitrogens is 1. The number of hydrogen-bond donors (Lipinski definition) is 0. The zero-order chi connectivity index (χ0) is 24.0. The van der Waals surface area contributed by atoms with Crippen LogP contribution in [0.5, 0.6) is 5.75 Å². The normalized spacial score (nSPS) is 14.3. The van der Waals surface area contributed by atoms with Gasteiger partial charge in [-0.15, -0.1) is 11.3 Å². The third kappa shape index (κ3) is 5.45. The van der Waals surface area contributed by atoms with Gasteiger partial charge in [-0.3, -0.25) is 9.69 Å². The van der Waals surface area contributed by atoms with Gasteiger partial charge in [0.15, 0.2) is 0 Å². The van der Waals surface area contributed by atoms with Crippen LogP contribution in [0.4, 0.5) is 0 Å². The Balaban J connectivity index is 1.23. The fourth-order valence-electron chi connectivity index (χ4n) is 4.57. The minimum atomic E-state index is -0.270. The van der Waals surface area contributed by atoms with E-state index >= 15 is 0 Å². The maximum atomic E-state index is 13.7. The molecule has 1 saturated heterocycles. The SMILES string of the molecule is COc1cccc(-c2csc(CN3CCN(C(=O)C(c4ccccc4)c4ccccc4)CC3)n2)c1. The van der Waals surface area contributed by atoms with Crippen LogP contribution >= 0.6 is 11.3 Å². The van der Waals surface area contributed by atoms with Gasteiger partial charge in [0.1, 0.15) is 10.8 Å². The number of ether oxygens (including phenoxy) is 1. The lowest BCUT2D eigenvalue weighted by molar-refractivity contribution is -0.133. The molecule has 1 aliphatic rings. The Kier molecular flexibility index (Phi) is 7.21. The number of hydrogen-bond acceptors (Lipinski definition) is 5. The summed E-state index contributed by atoms with van der Waals surface area (Å²) in [5.41, 5.74) is 4.12. The molecule has 5 nitrogen and oxygen atoms in total. The number of rotatable bonds is 7. The predicted molar refractivity (Wildman–Crippen MR) is 141 cm³/mol. The topological polar surface area (TPSA) is 45.7 Å². The van der Waals surface area contributed by atoms with Gasteiger partial charge < -0.3 is 9.64 Å². The van der Waals surface area contributed by atoms with E-state index in [1.165, 1.54) is 0 Å². The molecule has 0 bridgehead atoms. The Labute approximate surface area is 210 Å². The molecule has 0 spiro atoms. The molecule has 1 aromatic heterocycles. The van der Waals surface area contributed by atoms with Crippen LogP contribution in [0.25, 0.3) is 11.3 Å². The Morgan fingerprint density at radius 3 is 2.20 bits per heavy atom. The molecular formula is C29H29N3O2S. The molecule has 0 atom stereocenters. The van der Waals surface area contributed by atoms with Crippen molar-refractivity contribution in [2.24, 2.45) is 0 Å². The van der Waals surface area contributed by atoms with Crippen LogP contribution in [0.1, 0.15) is 22.1 Å². The summed E-state index contributed by atoms with van der Waals surface area (Å²) in [4.78, 5) is 22.9. The van der Waals surface area contributed by atoms with Crippen LogP contribution < -0.4 is 4.74 Å². The Hall–Kier alpha value is -3.48. The third-order valence-electron chi connectivity index (χ3n) is 6.47. The second-order valence-corrected chi connectivity index (χ2v) is 9.66. The Bertz CT molecular complexity index is 1210. The van der Waals surface area contributed by atoms with Crippen molar-refractivity contribution in [2.75, 3.05) is 33.3 Å². The molecule has 5 rings (SSSR count). The summed E-state index contributed by atoms with van der Waals surface area (Å²) in [6.07, 6.45) is 0. The first-order valence-electron chi connectivity index (χ1n) is 11.9. The molecule has 1 fully saturated rings. The van der Waals surface area contributed by atoms with E-state index in [-0.39, 0.29) is 11.8 Å². The van der Waals surface area contributed by atoms with Crippen molar-refractivity contribution in [3.05, 3.63) is 106 Å². The monoisotopic (exact) mass is 483 g/mol. The van der Waals surface area contributed by atoms with E-state index in [1.807, 2.05) is 83.8 Å². The summed E-state index contributed by atoms with van der Waals surface area (Å²) >= 11 is 1.68. The number of amides is 1. The van der Waals surface area contributed by atoms with Crippen molar-refractivity contribution < 1.29 is 9.53 Å². The van der Waals surface area contributed by atoms with Crippen molar-refractivity contribution in [1.29, 1.82) is 0 Å². The molecular weight excluding hydrogens is 454 g/mol. The number of piperazine rings is 1. The molecule has 0 N–H and O–H groups in total. The van der Waals surface area contributed by atoms with Gasteiger partial charge in [-0.25, -0.2) is 4.98 Å². The van der Waals surface area contributed by atoms with Gasteiger partial charge in [0.05, 0.1) is 25.3 Å². The van der Waals surface area contributed by atoms with Gasteiger partial charge in [-0.1, -0.05) is 72.8 Å². The van der Waals surface area contributed by atoms with Crippen molar-refractivity contribution in [2.45, 2.75) is 12.5 Å². The van der Waals surface area contributed by atoms with E-state index in [9.17, 15) is 4.79 Å². The van der Waals surface area contributed by atoms with Crippen molar-refractivity contribution in [3.8, 4) is 17.0 Å². The number of carbonyl (C=O) groups is 1. The highest BCUT2D eigenvalue weighted by Gasteiger charge is 2.30. The van der Waals surface area contributed by atoms with E-state index in [2.05, 4.69) is 16.3 Å². The lowest BCUT2D eigenvalue weighted by atomic mass is 9.90. The number of benzene rings is 3. The minimum Gasteiger partial charge on any atom is -0.497 e. The van der Waals surface area contributed by atoms with Crippen LogP contribution in [-0.2, 0) is 11.3 Å². The fourth-order valence-corrected chi connectivity index (χ4v) is 5.41. The van der Waals surface area contributed by atoms with Gasteiger partial charge in [0.2, 0.25) is 5.91 Å². The molecule has 0 saturated carbocycles. The van der Waals surface area contributed by atoms with E-state index < -0.39 is 0 Å². The van der Waals surface area contributed by atoms with Crippen molar-refractivity contribution in [3.63, 3.8) is 0 Å². The summed E-state index contributed by atoms with van der Waals surface area (Å²) in [6.45, 7) is 3.94. The highest BCUT2D eigenvalue weighted by Crippen LogP contribution is 2.28. The van der Waals surface area contributed by atoms with Crippen LogP contribution in [0.15, 0.2) is 90.3 Å². The second-order valence-electron chi connectivity index (χ2n) is 8.71. The molecule has 6 heteroatoms. The average molecular weight is 484 g/mol. The van der Waals surface area contributed by atoms with E-state index in [1.54, 1.807) is 18.4 Å². The van der Waals surface area contributed by atoms with Crippen molar-refractivity contribution >= 4 is 17.2 Å². The smallest absolute Gasteiger partial charge is 0.234 e. The molecule has 1 aliphatic heterocycles. The highest BCUT2D eigenvalue weighted by molar-refractivity contribution is 7.09. The van der Waals surface area contributed by atoms with Gasteiger partial charge in [-0.2, -0.15) is 0 Å². The Morgan fingerprint density at radius 2 is 1.57 bits per heavy atom. The maximum absolute atomic E-state index is 13.7. The average Bonchev–Trinajstić information content (AvgIpc) is 3.39. The largest absolute Gasteiger partial charge is 0.497 e. The third-order valence-corrected chi connectivity index (χ3v) is 7.31. The first kappa shape index (κ1) is 23.3. The van der Waals surface area contributed by atoms with E-state index in [0.717, 1.165) is 65.9 Å². The van der Waals surface area contributed by atoms with Crippen LogP contribution in [0, 0.1) is 0 Å². The molecule has 0 radical (unpaired) electrons. The molecule has 0 aliphatic carbocycles. The second kappa shape index (κ2) is 10.8. The van der Waals surface area contributed by atoms with Gasteiger partial charge in [0, 0.05) is 37.1 Å². The number of carbonyl (C=O) groups excluding carboxylic acids is 1. The molecule has 0 unspecified atom stereocenters. The fraction of sp³-hybridized carbons (Fsp3) is 0.241. The minimum absolute atomic E-state index is 0.177. The van der Waals surface area contributed by atoms with Gasteiger partial charge >= 0.3 is 0 Å². The summed E-state index contributed by atoms with van der Waals surface area (Å²) in [6, 6.07) is 28.2. The molecule has 1 amide bonds. The number of thiazole rings is 1. The van der Waals surface area contributed by atoms with Crippen LogP contribution in [0.3, 0.4) is 0 Å². The quantitative estimate of drug-likeness (QED) is 0.358. The first-order chi connectivity index (χ1) is 17.2. The molecule has 3 aromatic carbocycles. The summed E-state index contributed by atoms with van der Waals surface area (Å²) < 4.78 is 5.34. The maximum Gasteiger partial charge on any atom is 0.234 e. The lowest BCUT2D eigenvalue weighted by Crippen LogP contribution is -2.49. The zero-order valence-corrected chi connectivity index (χ0v) is 20.7. The van der Waals surface area contributed by atoms with Gasteiger partial charge in [0.25, 0.3) is 0 Å². The van der Waals surface area contributed by atoms with E-state index in [4.69, 9.17) is 9.72 Å². The van der Waals surface area contributed by atoms with Crippen LogP contribution in [-0.4, -0.2) is 54.0 Å². The Morgan fingerprint density at radius 1 is 0.914 bits per heavy atom. The zero-order valence-electron chi connectivity index (χ0n) is 19.8. The molecule has 178 valence electrons. The number of methoxy groups -OCH3 is 1. The molecule has 2 heterocycles. The van der Waals surface area contributed by atoms with Crippen molar-refractivity contribution in [1.82, 2.24) is 14.8 Å². The summed E-state index contributed by atoms with van der Waals surface area (Å²) in [5, 5.41) is 3.20. The van der Waals surface area contributed by atoms with E-state index in [0.29, 0.717) is 0 Å².